The van der Waals surface area contributed by atoms with Crippen LogP contribution in [0, 0.1) is 6.92 Å². The first-order chi connectivity index (χ1) is 8.63. The van der Waals surface area contributed by atoms with Gasteiger partial charge >= 0.3 is 5.97 Å². The maximum atomic E-state index is 11.5. The minimum absolute atomic E-state index is 0.196. The van der Waals surface area contributed by atoms with Crippen molar-refractivity contribution < 1.29 is 9.53 Å². The van der Waals surface area contributed by atoms with Crippen LogP contribution < -0.4 is 5.73 Å². The number of aryl methyl sites for hydroxylation is 2. The summed E-state index contributed by atoms with van der Waals surface area (Å²) in [5, 5.41) is 2.04. The van der Waals surface area contributed by atoms with Crippen LogP contribution in [-0.2, 0) is 17.7 Å². The Morgan fingerprint density at radius 1 is 1.61 bits per heavy atom. The first-order valence-corrected chi connectivity index (χ1v) is 6.44. The Morgan fingerprint density at radius 3 is 3.00 bits per heavy atom. The monoisotopic (exact) mass is 265 g/mol. The Kier molecular flexibility index (Phi) is 3.66. The molecule has 0 aromatic carbocycles. The predicted octanol–water partition coefficient (Wildman–Crippen LogP) is 1.86. The van der Waals surface area contributed by atoms with E-state index in [4.69, 9.17) is 5.73 Å². The van der Waals surface area contributed by atoms with Gasteiger partial charge in [0.2, 0.25) is 0 Å². The molecule has 0 aliphatic rings. The summed E-state index contributed by atoms with van der Waals surface area (Å²) in [6, 6.07) is 4.10. The van der Waals surface area contributed by atoms with Gasteiger partial charge in [0, 0.05) is 11.4 Å². The summed E-state index contributed by atoms with van der Waals surface area (Å²) < 4.78 is 6.48. The molecule has 18 heavy (non-hydrogen) atoms. The molecule has 0 saturated heterocycles. The van der Waals surface area contributed by atoms with E-state index in [1.807, 2.05) is 22.9 Å². The molecule has 2 aromatic heterocycles. The standard InChI is InChI=1S/C12H15N3O2S/c1-8-14-10(12(16)17-2)11(13)15(8)6-5-9-4-3-7-18-9/h3-4,7H,5-6,13H2,1-2H3. The minimum atomic E-state index is -0.495. The highest BCUT2D eigenvalue weighted by Crippen LogP contribution is 2.17. The van der Waals surface area contributed by atoms with Crippen LogP contribution in [0.1, 0.15) is 21.2 Å². The second-order valence-corrected chi connectivity index (χ2v) is 4.90. The van der Waals surface area contributed by atoms with E-state index in [-0.39, 0.29) is 5.69 Å². The van der Waals surface area contributed by atoms with Gasteiger partial charge < -0.3 is 15.0 Å². The molecule has 0 amide bonds. The van der Waals surface area contributed by atoms with Crippen molar-refractivity contribution in [1.82, 2.24) is 9.55 Å². The third-order valence-corrected chi connectivity index (χ3v) is 3.67. The van der Waals surface area contributed by atoms with Gasteiger partial charge in [-0.15, -0.1) is 11.3 Å². The predicted molar refractivity (Wildman–Crippen MR) is 70.7 cm³/mol. The summed E-state index contributed by atoms with van der Waals surface area (Å²) in [5.41, 5.74) is 6.12. The van der Waals surface area contributed by atoms with Gasteiger partial charge in [-0.25, -0.2) is 9.78 Å². The number of hydrogen-bond acceptors (Lipinski definition) is 5. The summed E-state index contributed by atoms with van der Waals surface area (Å²) in [7, 11) is 1.32. The molecular weight excluding hydrogens is 250 g/mol. The SMILES string of the molecule is COC(=O)c1nc(C)n(CCc2cccs2)c1N. The van der Waals surface area contributed by atoms with Crippen LogP contribution in [0.3, 0.4) is 0 Å². The molecule has 2 aromatic rings. The third-order valence-electron chi connectivity index (χ3n) is 2.74. The fourth-order valence-corrected chi connectivity index (χ4v) is 2.49. The van der Waals surface area contributed by atoms with Crippen molar-refractivity contribution in [2.75, 3.05) is 12.8 Å². The second kappa shape index (κ2) is 5.22. The van der Waals surface area contributed by atoms with Crippen LogP contribution >= 0.6 is 11.3 Å². The zero-order chi connectivity index (χ0) is 13.1. The number of nitrogen functional groups attached to an aromatic ring is 1. The van der Waals surface area contributed by atoms with Gasteiger partial charge in [-0.05, 0) is 24.8 Å². The van der Waals surface area contributed by atoms with Crippen molar-refractivity contribution in [2.45, 2.75) is 19.9 Å². The number of esters is 1. The van der Waals surface area contributed by atoms with Crippen molar-refractivity contribution in [3.8, 4) is 0 Å². The van der Waals surface area contributed by atoms with Gasteiger partial charge in [0.25, 0.3) is 0 Å². The maximum absolute atomic E-state index is 11.5. The zero-order valence-electron chi connectivity index (χ0n) is 10.3. The van der Waals surface area contributed by atoms with E-state index in [0.717, 1.165) is 12.2 Å². The van der Waals surface area contributed by atoms with E-state index in [1.165, 1.54) is 12.0 Å². The first-order valence-electron chi connectivity index (χ1n) is 5.56. The summed E-state index contributed by atoms with van der Waals surface area (Å²) in [6.45, 7) is 2.54. The quantitative estimate of drug-likeness (QED) is 0.857. The zero-order valence-corrected chi connectivity index (χ0v) is 11.2. The van der Waals surface area contributed by atoms with Gasteiger partial charge in [0.05, 0.1) is 7.11 Å². The summed E-state index contributed by atoms with van der Waals surface area (Å²) in [4.78, 5) is 16.9. The van der Waals surface area contributed by atoms with Gasteiger partial charge in [-0.3, -0.25) is 0 Å². The van der Waals surface area contributed by atoms with E-state index in [2.05, 4.69) is 15.8 Å². The molecular formula is C12H15N3O2S. The van der Waals surface area contributed by atoms with Crippen LogP contribution in [0.25, 0.3) is 0 Å². The number of aromatic nitrogens is 2. The van der Waals surface area contributed by atoms with Gasteiger partial charge in [-0.2, -0.15) is 0 Å². The highest BCUT2D eigenvalue weighted by Gasteiger charge is 2.18. The van der Waals surface area contributed by atoms with Crippen molar-refractivity contribution in [3.05, 3.63) is 33.9 Å². The van der Waals surface area contributed by atoms with E-state index >= 15 is 0 Å². The fourth-order valence-electron chi connectivity index (χ4n) is 1.79. The van der Waals surface area contributed by atoms with Crippen molar-refractivity contribution in [1.29, 1.82) is 0 Å². The number of nitrogens with two attached hydrogens (primary N) is 1. The number of anilines is 1. The molecule has 0 radical (unpaired) electrons. The highest BCUT2D eigenvalue weighted by molar-refractivity contribution is 7.09. The molecule has 96 valence electrons. The topological polar surface area (TPSA) is 70.1 Å². The molecule has 2 N–H and O–H groups in total. The van der Waals surface area contributed by atoms with Gasteiger partial charge in [0.1, 0.15) is 11.6 Å². The molecule has 0 saturated carbocycles. The number of imidazole rings is 1. The molecule has 2 rings (SSSR count). The number of carbonyl (C=O) groups excluding carboxylic acids is 1. The lowest BCUT2D eigenvalue weighted by Crippen LogP contribution is -2.09. The van der Waals surface area contributed by atoms with E-state index < -0.39 is 5.97 Å². The van der Waals surface area contributed by atoms with Gasteiger partial charge in [0.15, 0.2) is 5.69 Å². The number of nitrogens with zero attached hydrogens (tertiary/aromatic N) is 2. The average molecular weight is 265 g/mol. The van der Waals surface area contributed by atoms with Crippen LogP contribution in [0.4, 0.5) is 5.82 Å². The number of thiophene rings is 1. The Bertz CT molecular complexity index is 546. The first kappa shape index (κ1) is 12.6. The smallest absolute Gasteiger partial charge is 0.360 e. The number of methoxy groups -OCH3 is 1. The minimum Gasteiger partial charge on any atom is -0.464 e. The normalized spacial score (nSPS) is 10.6. The molecule has 0 spiro atoms. The molecule has 0 aliphatic heterocycles. The number of rotatable bonds is 4. The Hall–Kier alpha value is -1.82. The Morgan fingerprint density at radius 2 is 2.39 bits per heavy atom. The lowest BCUT2D eigenvalue weighted by Gasteiger charge is -2.06. The van der Waals surface area contributed by atoms with Crippen molar-refractivity contribution >= 4 is 23.1 Å². The third kappa shape index (κ3) is 2.38. The number of carbonyl (C=O) groups is 1. The van der Waals surface area contributed by atoms with Crippen LogP contribution in [0.15, 0.2) is 17.5 Å². The molecule has 2 heterocycles. The van der Waals surface area contributed by atoms with Crippen molar-refractivity contribution in [3.63, 3.8) is 0 Å². The van der Waals surface area contributed by atoms with E-state index in [0.29, 0.717) is 12.4 Å². The van der Waals surface area contributed by atoms with Crippen LogP contribution in [0.2, 0.25) is 0 Å². The highest BCUT2D eigenvalue weighted by atomic mass is 32.1. The molecule has 0 unspecified atom stereocenters. The molecule has 0 aliphatic carbocycles. The Labute approximate surface area is 109 Å². The molecule has 0 fully saturated rings. The largest absolute Gasteiger partial charge is 0.464 e. The number of hydrogen-bond donors (Lipinski definition) is 1. The molecule has 0 bridgehead atoms. The summed E-state index contributed by atoms with van der Waals surface area (Å²) in [6.07, 6.45) is 0.875. The van der Waals surface area contributed by atoms with E-state index in [1.54, 1.807) is 11.3 Å². The summed E-state index contributed by atoms with van der Waals surface area (Å²) >= 11 is 1.71. The Balaban J connectivity index is 2.18. The molecule has 6 heteroatoms. The second-order valence-electron chi connectivity index (χ2n) is 3.87. The van der Waals surface area contributed by atoms with E-state index in [9.17, 15) is 4.79 Å². The van der Waals surface area contributed by atoms with Gasteiger partial charge in [-0.1, -0.05) is 6.07 Å². The fraction of sp³-hybridized carbons (Fsp3) is 0.333. The molecule has 5 nitrogen and oxygen atoms in total. The van der Waals surface area contributed by atoms with Crippen LogP contribution in [0.5, 0.6) is 0 Å². The summed E-state index contributed by atoms with van der Waals surface area (Å²) in [5.74, 6) is 0.603. The van der Waals surface area contributed by atoms with Crippen molar-refractivity contribution in [2.24, 2.45) is 0 Å². The average Bonchev–Trinajstić information content (AvgIpc) is 2.96. The maximum Gasteiger partial charge on any atom is 0.360 e. The lowest BCUT2D eigenvalue weighted by atomic mass is 10.3. The number of ether oxygens (including phenoxy) is 1. The lowest BCUT2D eigenvalue weighted by molar-refractivity contribution is 0.0595. The molecule has 0 atom stereocenters. The van der Waals surface area contributed by atoms with Crippen LogP contribution in [-0.4, -0.2) is 22.6 Å².